The quantitative estimate of drug-likeness (QED) is 0.0369. The minimum Gasteiger partial charge on any atom is -0.398 e. The molecular formula is C43H80N4O6S2. The summed E-state index contributed by atoms with van der Waals surface area (Å²) >= 11 is 0. The van der Waals surface area contributed by atoms with Gasteiger partial charge < -0.3 is 21.3 Å². The number of unbranched alkanes of at least 4 members (excludes halogenated alkanes) is 12. The first-order chi connectivity index (χ1) is 26.2. The fourth-order valence-corrected chi connectivity index (χ4v) is 7.58. The molecule has 2 aromatic rings. The molecule has 320 valence electrons. The van der Waals surface area contributed by atoms with Gasteiger partial charge in [-0.2, -0.15) is 16.8 Å². The molecule has 10 nitrogen and oxygen atoms in total. The van der Waals surface area contributed by atoms with E-state index in [-0.39, 0.29) is 17.8 Å². The summed E-state index contributed by atoms with van der Waals surface area (Å²) in [5.74, 6) is 0. The van der Waals surface area contributed by atoms with Gasteiger partial charge in [-0.05, 0) is 120 Å². The molecule has 0 spiro atoms. The summed E-state index contributed by atoms with van der Waals surface area (Å²) in [5, 5.41) is 0. The van der Waals surface area contributed by atoms with Crippen LogP contribution < -0.4 is 11.5 Å². The molecule has 2 aromatic carbocycles. The van der Waals surface area contributed by atoms with Crippen molar-refractivity contribution in [3.8, 4) is 0 Å². The Morgan fingerprint density at radius 3 is 0.873 bits per heavy atom. The van der Waals surface area contributed by atoms with Crippen LogP contribution in [-0.2, 0) is 26.7 Å². The van der Waals surface area contributed by atoms with E-state index in [1.165, 1.54) is 191 Å². The summed E-state index contributed by atoms with van der Waals surface area (Å²) in [5.41, 5.74) is 11.7. The van der Waals surface area contributed by atoms with Crippen LogP contribution in [0.2, 0.25) is 0 Å². The maximum atomic E-state index is 11.2. The van der Waals surface area contributed by atoms with Crippen molar-refractivity contribution in [3.05, 3.63) is 47.5 Å². The van der Waals surface area contributed by atoms with E-state index in [1.807, 2.05) is 0 Å². The number of nitrogens with two attached hydrogens (primary N) is 2. The number of rotatable bonds is 28. The minimum atomic E-state index is -4.47. The molecule has 0 bridgehead atoms. The lowest BCUT2D eigenvalue weighted by Crippen LogP contribution is -2.27. The van der Waals surface area contributed by atoms with E-state index in [0.29, 0.717) is 11.1 Å². The zero-order valence-corrected chi connectivity index (χ0v) is 37.2. The SMILES string of the molecule is CCCCCN(CCCCC)CCCCC.CCCCCN(CCCCC)CCCCC.Nc1ccc(Cc2ccc(N)c(S(=O)(=O)O)c2)cc1S(=O)(=O)O. The van der Waals surface area contributed by atoms with E-state index in [9.17, 15) is 16.8 Å². The standard InChI is InChI=1S/2C15H33N.C13H14N2O6S2/c2*1-4-7-10-13-16(14-11-8-5-2)15-12-9-6-3;14-10-3-1-8(6-12(10)22(16,17)18)5-9-2-4-11(15)13(7-9)23(19,20)21/h2*4-15H2,1-3H3;1-4,6-7H,5,14-15H2,(H,16,17,18)(H,19,20,21). The van der Waals surface area contributed by atoms with Crippen LogP contribution in [0.3, 0.4) is 0 Å². The predicted molar refractivity (Wildman–Crippen MR) is 234 cm³/mol. The Kier molecular flexibility index (Phi) is 30.5. The molecule has 0 heterocycles. The van der Waals surface area contributed by atoms with Crippen molar-refractivity contribution in [1.82, 2.24) is 9.80 Å². The molecule has 0 unspecified atom stereocenters. The van der Waals surface area contributed by atoms with Gasteiger partial charge in [0.2, 0.25) is 0 Å². The Morgan fingerprint density at radius 1 is 0.436 bits per heavy atom. The van der Waals surface area contributed by atoms with Crippen LogP contribution in [0.4, 0.5) is 11.4 Å². The maximum Gasteiger partial charge on any atom is 0.296 e. The van der Waals surface area contributed by atoms with Gasteiger partial charge >= 0.3 is 0 Å². The number of hydrogen-bond acceptors (Lipinski definition) is 8. The van der Waals surface area contributed by atoms with Crippen molar-refractivity contribution in [2.45, 2.75) is 173 Å². The van der Waals surface area contributed by atoms with Crippen molar-refractivity contribution in [2.75, 3.05) is 50.7 Å². The van der Waals surface area contributed by atoms with Gasteiger partial charge in [0.05, 0.1) is 11.4 Å². The third-order valence-corrected chi connectivity index (χ3v) is 11.4. The third-order valence-electron chi connectivity index (χ3n) is 9.59. The van der Waals surface area contributed by atoms with Gasteiger partial charge in [-0.1, -0.05) is 131 Å². The second-order valence-corrected chi connectivity index (χ2v) is 17.6. The molecule has 0 radical (unpaired) electrons. The lowest BCUT2D eigenvalue weighted by atomic mass is 10.0. The Bertz CT molecular complexity index is 1310. The zero-order chi connectivity index (χ0) is 41.5. The highest BCUT2D eigenvalue weighted by Gasteiger charge is 2.17. The average molecular weight is 813 g/mol. The number of nitrogen functional groups attached to an aromatic ring is 2. The second kappa shape index (κ2) is 31.8. The summed E-state index contributed by atoms with van der Waals surface area (Å²) in [4.78, 5) is 4.53. The maximum absolute atomic E-state index is 11.2. The second-order valence-electron chi connectivity index (χ2n) is 14.8. The van der Waals surface area contributed by atoms with Gasteiger partial charge in [0.1, 0.15) is 9.79 Å². The first-order valence-electron chi connectivity index (χ1n) is 21.3. The van der Waals surface area contributed by atoms with Gasteiger partial charge in [0.25, 0.3) is 20.2 Å². The minimum absolute atomic E-state index is 0.104. The molecule has 0 aliphatic rings. The van der Waals surface area contributed by atoms with Crippen molar-refractivity contribution in [1.29, 1.82) is 0 Å². The van der Waals surface area contributed by atoms with Crippen LogP contribution in [-0.4, -0.2) is 75.0 Å². The molecule has 0 saturated heterocycles. The molecule has 0 amide bonds. The van der Waals surface area contributed by atoms with Gasteiger partial charge in [0.15, 0.2) is 0 Å². The van der Waals surface area contributed by atoms with Gasteiger partial charge in [-0.15, -0.1) is 0 Å². The summed E-state index contributed by atoms with van der Waals surface area (Å²) < 4.78 is 63.2. The highest BCUT2D eigenvalue weighted by atomic mass is 32.2. The fraction of sp³-hybridized carbons (Fsp3) is 0.721. The zero-order valence-electron chi connectivity index (χ0n) is 35.5. The van der Waals surface area contributed by atoms with Crippen LogP contribution in [0.5, 0.6) is 0 Å². The van der Waals surface area contributed by atoms with E-state index < -0.39 is 30.0 Å². The molecule has 0 saturated carbocycles. The molecule has 0 aromatic heterocycles. The molecule has 0 aliphatic carbocycles. The van der Waals surface area contributed by atoms with Crippen molar-refractivity contribution < 1.29 is 25.9 Å². The number of hydrogen-bond donors (Lipinski definition) is 4. The first kappa shape index (κ1) is 52.8. The summed E-state index contributed by atoms with van der Waals surface area (Å²) in [6.07, 6.45) is 25.0. The van der Waals surface area contributed by atoms with Gasteiger partial charge in [0, 0.05) is 0 Å². The average Bonchev–Trinajstić information content (AvgIpc) is 3.13. The molecule has 2 rings (SSSR count). The molecule has 0 aliphatic heterocycles. The lowest BCUT2D eigenvalue weighted by Gasteiger charge is -2.22. The number of benzene rings is 2. The first-order valence-corrected chi connectivity index (χ1v) is 24.2. The Morgan fingerprint density at radius 2 is 0.673 bits per heavy atom. The van der Waals surface area contributed by atoms with E-state index in [0.717, 1.165) is 0 Å². The van der Waals surface area contributed by atoms with E-state index in [4.69, 9.17) is 20.6 Å². The summed E-state index contributed by atoms with van der Waals surface area (Å²) in [6, 6.07) is 8.09. The molecule has 0 fully saturated rings. The molecule has 6 N–H and O–H groups in total. The molecular weight excluding hydrogens is 733 g/mol. The highest BCUT2D eigenvalue weighted by molar-refractivity contribution is 7.86. The van der Waals surface area contributed by atoms with Gasteiger partial charge in [-0.25, -0.2) is 0 Å². The highest BCUT2D eigenvalue weighted by Crippen LogP contribution is 2.24. The monoisotopic (exact) mass is 813 g/mol. The number of nitrogens with zero attached hydrogens (tertiary/aromatic N) is 2. The summed E-state index contributed by atoms with van der Waals surface area (Å²) in [7, 11) is -8.93. The van der Waals surface area contributed by atoms with Crippen LogP contribution in [0, 0.1) is 0 Å². The smallest absolute Gasteiger partial charge is 0.296 e. The van der Waals surface area contributed by atoms with E-state index in [2.05, 4.69) is 51.3 Å². The largest absolute Gasteiger partial charge is 0.398 e. The van der Waals surface area contributed by atoms with Crippen molar-refractivity contribution in [3.63, 3.8) is 0 Å². The third kappa shape index (κ3) is 26.4. The molecule has 55 heavy (non-hydrogen) atoms. The van der Waals surface area contributed by atoms with Gasteiger partial charge in [-0.3, -0.25) is 9.11 Å². The Hall–Kier alpha value is -2.22. The Labute approximate surface area is 337 Å². The van der Waals surface area contributed by atoms with E-state index >= 15 is 0 Å². The topological polar surface area (TPSA) is 167 Å². The predicted octanol–water partition coefficient (Wildman–Crippen LogP) is 10.7. The lowest BCUT2D eigenvalue weighted by molar-refractivity contribution is 0.256. The van der Waals surface area contributed by atoms with Crippen LogP contribution >= 0.6 is 0 Å². The van der Waals surface area contributed by atoms with Crippen molar-refractivity contribution >= 4 is 31.6 Å². The normalized spacial score (nSPS) is 11.7. The van der Waals surface area contributed by atoms with Crippen LogP contribution in [0.15, 0.2) is 46.2 Å². The fourth-order valence-electron chi connectivity index (χ4n) is 6.24. The van der Waals surface area contributed by atoms with Crippen molar-refractivity contribution in [2.24, 2.45) is 0 Å². The summed E-state index contributed by atoms with van der Waals surface area (Å²) in [6.45, 7) is 21.7. The molecule has 0 atom stereocenters. The van der Waals surface area contributed by atoms with Crippen LogP contribution in [0.1, 0.15) is 168 Å². The van der Waals surface area contributed by atoms with E-state index in [1.54, 1.807) is 0 Å². The molecule has 12 heteroatoms. The van der Waals surface area contributed by atoms with Crippen LogP contribution in [0.25, 0.3) is 0 Å². The Balaban J connectivity index is 0.000000820. The number of anilines is 2.